The third kappa shape index (κ3) is 5.16. The molecule has 26 heavy (non-hydrogen) atoms. The van der Waals surface area contributed by atoms with Crippen LogP contribution in [-0.4, -0.2) is 36.4 Å². The Balaban J connectivity index is 1.71. The number of hydrogen-bond donors (Lipinski definition) is 1. The molecule has 1 heterocycles. The van der Waals surface area contributed by atoms with Crippen LogP contribution >= 0.6 is 12.2 Å². The van der Waals surface area contributed by atoms with E-state index in [0.29, 0.717) is 18.2 Å². The summed E-state index contributed by atoms with van der Waals surface area (Å²) in [4.78, 5) is 2.07. The van der Waals surface area contributed by atoms with Crippen LogP contribution in [-0.2, 0) is 11.3 Å². The molecule has 2 aromatic carbocycles. The second-order valence-electron chi connectivity index (χ2n) is 6.30. The molecular formula is C20H23FN2O2S. The van der Waals surface area contributed by atoms with E-state index in [-0.39, 0.29) is 11.9 Å². The van der Waals surface area contributed by atoms with E-state index in [9.17, 15) is 4.39 Å². The first-order valence-electron chi connectivity index (χ1n) is 8.70. The van der Waals surface area contributed by atoms with E-state index in [4.69, 9.17) is 21.7 Å². The predicted molar refractivity (Wildman–Crippen MR) is 105 cm³/mol. The van der Waals surface area contributed by atoms with Crippen molar-refractivity contribution in [3.63, 3.8) is 0 Å². The summed E-state index contributed by atoms with van der Waals surface area (Å²) >= 11 is 5.64. The van der Waals surface area contributed by atoms with Crippen molar-refractivity contribution in [1.29, 1.82) is 0 Å². The molecule has 1 aliphatic rings. The predicted octanol–water partition coefficient (Wildman–Crippen LogP) is 4.21. The third-order valence-corrected chi connectivity index (χ3v) is 4.70. The number of halogens is 1. The molecule has 138 valence electrons. The molecule has 1 atom stereocenters. The molecule has 0 aromatic heterocycles. The summed E-state index contributed by atoms with van der Waals surface area (Å²) in [5, 5.41) is 3.88. The smallest absolute Gasteiger partial charge is 0.173 e. The standard InChI is InChI=1S/C20H23FN2O2S/c1-24-18-5-2-4-17(12-18)22-20(26)23(14-19-6-3-11-25-19)13-15-7-9-16(21)10-8-15/h2,4-5,7-10,12,19H,3,6,11,13-14H2,1H3,(H,22,26). The van der Waals surface area contributed by atoms with Crippen LogP contribution in [0.3, 0.4) is 0 Å². The van der Waals surface area contributed by atoms with Crippen molar-refractivity contribution in [1.82, 2.24) is 4.90 Å². The quantitative estimate of drug-likeness (QED) is 0.766. The van der Waals surface area contributed by atoms with Gasteiger partial charge >= 0.3 is 0 Å². The number of hydrogen-bond acceptors (Lipinski definition) is 3. The molecule has 3 rings (SSSR count). The van der Waals surface area contributed by atoms with Gasteiger partial charge in [0.05, 0.1) is 13.2 Å². The van der Waals surface area contributed by atoms with Gasteiger partial charge in [-0.1, -0.05) is 18.2 Å². The van der Waals surface area contributed by atoms with E-state index in [2.05, 4.69) is 10.2 Å². The Morgan fingerprint density at radius 2 is 2.12 bits per heavy atom. The highest BCUT2D eigenvalue weighted by Gasteiger charge is 2.21. The number of anilines is 1. The van der Waals surface area contributed by atoms with Gasteiger partial charge in [-0.25, -0.2) is 4.39 Å². The van der Waals surface area contributed by atoms with E-state index >= 15 is 0 Å². The molecule has 0 aliphatic carbocycles. The third-order valence-electron chi connectivity index (χ3n) is 4.34. The number of rotatable bonds is 6. The summed E-state index contributed by atoms with van der Waals surface area (Å²) in [7, 11) is 1.63. The molecule has 0 spiro atoms. The maximum absolute atomic E-state index is 13.2. The van der Waals surface area contributed by atoms with E-state index in [1.807, 2.05) is 24.3 Å². The fraction of sp³-hybridized carbons (Fsp3) is 0.350. The molecule has 1 unspecified atom stereocenters. The monoisotopic (exact) mass is 374 g/mol. The van der Waals surface area contributed by atoms with Gasteiger partial charge in [0.2, 0.25) is 0 Å². The van der Waals surface area contributed by atoms with Crippen molar-refractivity contribution in [2.24, 2.45) is 0 Å². The van der Waals surface area contributed by atoms with Gasteiger partial charge in [-0.3, -0.25) is 0 Å². The van der Waals surface area contributed by atoms with Crippen LogP contribution in [0.25, 0.3) is 0 Å². The molecule has 0 radical (unpaired) electrons. The molecule has 1 N–H and O–H groups in total. The van der Waals surface area contributed by atoms with Crippen molar-refractivity contribution in [3.8, 4) is 5.75 Å². The molecule has 6 heteroatoms. The summed E-state index contributed by atoms with van der Waals surface area (Å²) in [6.07, 6.45) is 2.27. The fourth-order valence-corrected chi connectivity index (χ4v) is 3.22. The number of benzene rings is 2. The Morgan fingerprint density at radius 3 is 2.81 bits per heavy atom. The van der Waals surface area contributed by atoms with Crippen molar-refractivity contribution in [3.05, 3.63) is 59.9 Å². The zero-order valence-corrected chi connectivity index (χ0v) is 15.6. The van der Waals surface area contributed by atoms with Crippen LogP contribution in [0, 0.1) is 5.82 Å². The van der Waals surface area contributed by atoms with Crippen molar-refractivity contribution >= 4 is 23.0 Å². The minimum Gasteiger partial charge on any atom is -0.497 e. The van der Waals surface area contributed by atoms with E-state index < -0.39 is 0 Å². The number of methoxy groups -OCH3 is 1. The number of thiocarbonyl (C=S) groups is 1. The average molecular weight is 374 g/mol. The summed E-state index contributed by atoms with van der Waals surface area (Å²) < 4.78 is 24.2. The first kappa shape index (κ1) is 18.6. The Morgan fingerprint density at radius 1 is 1.31 bits per heavy atom. The summed E-state index contributed by atoms with van der Waals surface area (Å²) in [6.45, 7) is 2.09. The minimum absolute atomic E-state index is 0.167. The van der Waals surface area contributed by atoms with Crippen molar-refractivity contribution in [2.45, 2.75) is 25.5 Å². The Bertz CT molecular complexity index is 733. The second kappa shape index (κ2) is 8.96. The molecule has 2 aromatic rings. The number of nitrogens with one attached hydrogen (secondary N) is 1. The average Bonchev–Trinajstić information content (AvgIpc) is 3.16. The maximum Gasteiger partial charge on any atom is 0.173 e. The first-order valence-corrected chi connectivity index (χ1v) is 9.11. The highest BCUT2D eigenvalue weighted by molar-refractivity contribution is 7.80. The molecule has 1 fully saturated rings. The molecule has 1 aliphatic heterocycles. The van der Waals surface area contributed by atoms with Gasteiger partial charge in [0, 0.05) is 31.5 Å². The summed E-state index contributed by atoms with van der Waals surface area (Å²) in [6, 6.07) is 14.1. The molecule has 1 saturated heterocycles. The summed E-state index contributed by atoms with van der Waals surface area (Å²) in [5.41, 5.74) is 1.87. The van der Waals surface area contributed by atoms with Crippen LogP contribution in [0.4, 0.5) is 10.1 Å². The lowest BCUT2D eigenvalue weighted by atomic mass is 10.2. The van der Waals surface area contributed by atoms with E-state index in [1.165, 1.54) is 12.1 Å². The first-order chi connectivity index (χ1) is 12.6. The summed E-state index contributed by atoms with van der Waals surface area (Å²) in [5.74, 6) is 0.526. The molecule has 0 bridgehead atoms. The SMILES string of the molecule is COc1cccc(NC(=S)N(Cc2ccc(F)cc2)CC2CCCO2)c1. The van der Waals surface area contributed by atoms with Crippen LogP contribution in [0.2, 0.25) is 0 Å². The van der Waals surface area contributed by atoms with Gasteiger partial charge in [-0.05, 0) is 54.9 Å². The highest BCUT2D eigenvalue weighted by atomic mass is 32.1. The van der Waals surface area contributed by atoms with Gasteiger partial charge in [-0.2, -0.15) is 0 Å². The molecular weight excluding hydrogens is 351 g/mol. The Labute approximate surface area is 158 Å². The van der Waals surface area contributed by atoms with Crippen LogP contribution < -0.4 is 10.1 Å². The van der Waals surface area contributed by atoms with Gasteiger partial charge in [0.15, 0.2) is 5.11 Å². The zero-order chi connectivity index (χ0) is 18.4. The fourth-order valence-electron chi connectivity index (χ4n) is 2.97. The lowest BCUT2D eigenvalue weighted by Gasteiger charge is -2.28. The topological polar surface area (TPSA) is 33.7 Å². The normalized spacial score (nSPS) is 16.3. The van der Waals surface area contributed by atoms with E-state index in [1.54, 1.807) is 19.2 Å². The minimum atomic E-state index is -0.239. The van der Waals surface area contributed by atoms with Crippen LogP contribution in [0.5, 0.6) is 5.75 Å². The van der Waals surface area contributed by atoms with Gasteiger partial charge in [0.25, 0.3) is 0 Å². The lowest BCUT2D eigenvalue weighted by Crippen LogP contribution is -2.39. The van der Waals surface area contributed by atoms with Crippen molar-refractivity contribution in [2.75, 3.05) is 25.6 Å². The van der Waals surface area contributed by atoms with Gasteiger partial charge in [-0.15, -0.1) is 0 Å². The molecule has 0 saturated carbocycles. The molecule has 4 nitrogen and oxygen atoms in total. The van der Waals surface area contributed by atoms with Crippen LogP contribution in [0.1, 0.15) is 18.4 Å². The highest BCUT2D eigenvalue weighted by Crippen LogP contribution is 2.19. The Kier molecular flexibility index (Phi) is 6.41. The zero-order valence-electron chi connectivity index (χ0n) is 14.8. The van der Waals surface area contributed by atoms with Gasteiger partial charge in [0.1, 0.15) is 11.6 Å². The van der Waals surface area contributed by atoms with E-state index in [0.717, 1.165) is 36.4 Å². The largest absolute Gasteiger partial charge is 0.497 e. The maximum atomic E-state index is 13.2. The van der Waals surface area contributed by atoms with Gasteiger partial charge < -0.3 is 19.7 Å². The number of nitrogens with zero attached hydrogens (tertiary/aromatic N) is 1. The lowest BCUT2D eigenvalue weighted by molar-refractivity contribution is 0.0905. The second-order valence-corrected chi connectivity index (χ2v) is 6.69. The van der Waals surface area contributed by atoms with Crippen LogP contribution in [0.15, 0.2) is 48.5 Å². The Hall–Kier alpha value is -2.18. The number of ether oxygens (including phenoxy) is 2. The molecule has 0 amide bonds. The van der Waals surface area contributed by atoms with Crippen molar-refractivity contribution < 1.29 is 13.9 Å².